The zero-order valence-corrected chi connectivity index (χ0v) is 17.2. The van der Waals surface area contributed by atoms with Gasteiger partial charge >= 0.3 is 6.09 Å². The van der Waals surface area contributed by atoms with Gasteiger partial charge in [-0.05, 0) is 13.8 Å². The summed E-state index contributed by atoms with van der Waals surface area (Å²) in [6, 6.07) is 1.14. The Bertz CT molecular complexity index is 982. The summed E-state index contributed by atoms with van der Waals surface area (Å²) in [6.45, 7) is 6.17. The quantitative estimate of drug-likeness (QED) is 0.642. The number of aryl methyl sites for hydroxylation is 1. The molecule has 2 fully saturated rings. The van der Waals surface area contributed by atoms with Gasteiger partial charge in [-0.3, -0.25) is 9.69 Å². The second kappa shape index (κ2) is 8.68. The molecule has 0 aliphatic carbocycles. The average molecular weight is 429 g/mol. The highest BCUT2D eigenvalue weighted by Crippen LogP contribution is 2.31. The minimum absolute atomic E-state index is 0.0212. The topological polar surface area (TPSA) is 146 Å². The number of ether oxygens (including phenoxy) is 3. The molecular weight excluding hydrogens is 406 g/mol. The average Bonchev–Trinajstić information content (AvgIpc) is 3.05. The van der Waals surface area contributed by atoms with Gasteiger partial charge in [-0.1, -0.05) is 0 Å². The molecule has 4 rings (SSSR count). The summed E-state index contributed by atoms with van der Waals surface area (Å²) in [5.74, 6) is 0.929. The number of nitrogens with two attached hydrogens (primary N) is 1. The molecule has 31 heavy (non-hydrogen) atoms. The largest absolute Gasteiger partial charge is 0.466 e. The van der Waals surface area contributed by atoms with Crippen molar-refractivity contribution in [2.75, 3.05) is 48.4 Å². The predicted molar refractivity (Wildman–Crippen MR) is 109 cm³/mol. The number of amides is 1. The van der Waals surface area contributed by atoms with Gasteiger partial charge in [0.05, 0.1) is 24.6 Å². The number of cyclic esters (lactones) is 1. The molecule has 2 aromatic heterocycles. The van der Waals surface area contributed by atoms with Crippen LogP contribution in [0.25, 0.3) is 11.3 Å². The van der Waals surface area contributed by atoms with Crippen molar-refractivity contribution in [2.45, 2.75) is 26.0 Å². The molecule has 0 saturated carbocycles. The second-order valence-corrected chi connectivity index (χ2v) is 7.19. The number of morpholine rings is 1. The van der Waals surface area contributed by atoms with Crippen LogP contribution in [0, 0.1) is 6.92 Å². The van der Waals surface area contributed by atoms with E-state index < -0.39 is 18.2 Å². The van der Waals surface area contributed by atoms with Crippen LogP contribution in [0.1, 0.15) is 12.6 Å². The summed E-state index contributed by atoms with van der Waals surface area (Å²) in [4.78, 5) is 44.3. The van der Waals surface area contributed by atoms with Crippen LogP contribution in [-0.4, -0.2) is 77.6 Å². The highest BCUT2D eigenvalue weighted by Gasteiger charge is 2.42. The number of nitrogens with zero attached hydrogens (tertiary/aromatic N) is 6. The first-order valence-corrected chi connectivity index (χ1v) is 9.84. The predicted octanol–water partition coefficient (Wildman–Crippen LogP) is 0.548. The Kier molecular flexibility index (Phi) is 5.80. The fourth-order valence-electron chi connectivity index (χ4n) is 3.58. The van der Waals surface area contributed by atoms with Gasteiger partial charge in [0.2, 0.25) is 11.9 Å². The number of carbonyl (C=O) groups is 2. The normalized spacial score (nSPS) is 21.2. The first-order chi connectivity index (χ1) is 15.0. The molecule has 0 unspecified atom stereocenters. The van der Waals surface area contributed by atoms with Crippen LogP contribution in [-0.2, 0) is 19.0 Å². The van der Waals surface area contributed by atoms with Crippen LogP contribution in [0.4, 0.5) is 22.5 Å². The van der Waals surface area contributed by atoms with Crippen molar-refractivity contribution < 1.29 is 23.8 Å². The van der Waals surface area contributed by atoms with E-state index in [-0.39, 0.29) is 12.6 Å². The number of carbonyl (C=O) groups excluding carboxylic acids is 2. The maximum absolute atomic E-state index is 12.6. The van der Waals surface area contributed by atoms with E-state index in [1.54, 1.807) is 26.1 Å². The lowest BCUT2D eigenvalue weighted by atomic mass is 10.1. The summed E-state index contributed by atoms with van der Waals surface area (Å²) in [5.41, 5.74) is 7.53. The molecule has 2 aromatic rings. The standard InChI is InChI=1S/C19H23N7O5/c1-11-13(8-21-17(20)22-11)14-7-16(24-18(23-14)25-3-5-29-6-4-25)26-15(9-30-10-27)12(2)31-19(26)28/h7-8,10,12,15H,3-6,9H2,1-2H3,(H2,20,21,22)/t12-,15+/m1/s1. The van der Waals surface area contributed by atoms with E-state index in [4.69, 9.17) is 24.9 Å². The van der Waals surface area contributed by atoms with E-state index in [0.29, 0.717) is 61.5 Å². The van der Waals surface area contributed by atoms with Gasteiger partial charge in [-0.2, -0.15) is 4.98 Å². The van der Waals surface area contributed by atoms with Crippen LogP contribution in [0.15, 0.2) is 12.3 Å². The number of nitrogen functional groups attached to an aromatic ring is 1. The van der Waals surface area contributed by atoms with Crippen molar-refractivity contribution in [1.29, 1.82) is 0 Å². The Hall–Kier alpha value is -3.54. The minimum Gasteiger partial charge on any atom is -0.466 e. The van der Waals surface area contributed by atoms with E-state index in [2.05, 4.69) is 15.0 Å². The molecule has 2 N–H and O–H groups in total. The summed E-state index contributed by atoms with van der Waals surface area (Å²) in [6.07, 6.45) is 0.527. The van der Waals surface area contributed by atoms with Crippen molar-refractivity contribution in [1.82, 2.24) is 19.9 Å². The minimum atomic E-state index is -0.574. The molecule has 0 spiro atoms. The van der Waals surface area contributed by atoms with Gasteiger partial charge in [-0.15, -0.1) is 0 Å². The molecule has 2 aliphatic rings. The molecule has 2 atom stereocenters. The number of hydrogen-bond donors (Lipinski definition) is 1. The van der Waals surface area contributed by atoms with Crippen molar-refractivity contribution in [3.8, 4) is 11.3 Å². The Morgan fingerprint density at radius 3 is 2.77 bits per heavy atom. The van der Waals surface area contributed by atoms with Crippen LogP contribution >= 0.6 is 0 Å². The Morgan fingerprint density at radius 2 is 2.06 bits per heavy atom. The summed E-state index contributed by atoms with van der Waals surface area (Å²) >= 11 is 0. The highest BCUT2D eigenvalue weighted by molar-refractivity contribution is 5.90. The molecule has 0 radical (unpaired) electrons. The number of rotatable bonds is 6. The van der Waals surface area contributed by atoms with Crippen molar-refractivity contribution in [3.63, 3.8) is 0 Å². The number of anilines is 3. The fourth-order valence-corrected chi connectivity index (χ4v) is 3.58. The van der Waals surface area contributed by atoms with E-state index in [0.717, 1.165) is 0 Å². The SMILES string of the molecule is Cc1nc(N)ncc1-c1cc(N2C(=O)O[C@H](C)[C@@H]2COC=O)nc(N2CCOCC2)n1. The zero-order chi connectivity index (χ0) is 22.0. The summed E-state index contributed by atoms with van der Waals surface area (Å²) < 4.78 is 15.7. The van der Waals surface area contributed by atoms with Gasteiger partial charge in [0.25, 0.3) is 6.47 Å². The van der Waals surface area contributed by atoms with E-state index in [1.807, 2.05) is 4.90 Å². The molecule has 4 heterocycles. The first-order valence-electron chi connectivity index (χ1n) is 9.84. The smallest absolute Gasteiger partial charge is 0.416 e. The maximum atomic E-state index is 12.6. The molecular formula is C19H23N7O5. The molecule has 0 bridgehead atoms. The van der Waals surface area contributed by atoms with Crippen LogP contribution in [0.2, 0.25) is 0 Å². The molecule has 1 amide bonds. The van der Waals surface area contributed by atoms with Gasteiger partial charge in [0, 0.05) is 30.9 Å². The van der Waals surface area contributed by atoms with E-state index >= 15 is 0 Å². The van der Waals surface area contributed by atoms with Gasteiger partial charge in [-0.25, -0.2) is 19.7 Å². The molecule has 164 valence electrons. The third-order valence-electron chi connectivity index (χ3n) is 5.21. The van der Waals surface area contributed by atoms with E-state index in [9.17, 15) is 9.59 Å². The Balaban J connectivity index is 1.80. The van der Waals surface area contributed by atoms with Gasteiger partial charge in [0.1, 0.15) is 24.6 Å². The molecule has 2 aliphatic heterocycles. The third-order valence-corrected chi connectivity index (χ3v) is 5.21. The zero-order valence-electron chi connectivity index (χ0n) is 17.2. The van der Waals surface area contributed by atoms with E-state index in [1.165, 1.54) is 4.90 Å². The van der Waals surface area contributed by atoms with Gasteiger partial charge in [0.15, 0.2) is 0 Å². The fraction of sp³-hybridized carbons (Fsp3) is 0.474. The summed E-state index contributed by atoms with van der Waals surface area (Å²) in [7, 11) is 0. The lowest BCUT2D eigenvalue weighted by Gasteiger charge is -2.28. The lowest BCUT2D eigenvalue weighted by Crippen LogP contribution is -2.41. The second-order valence-electron chi connectivity index (χ2n) is 7.19. The van der Waals surface area contributed by atoms with Crippen LogP contribution in [0.3, 0.4) is 0 Å². The number of hydrogen-bond acceptors (Lipinski definition) is 11. The maximum Gasteiger partial charge on any atom is 0.416 e. The summed E-state index contributed by atoms with van der Waals surface area (Å²) in [5, 5.41) is 0. The van der Waals surface area contributed by atoms with Crippen LogP contribution in [0.5, 0.6) is 0 Å². The van der Waals surface area contributed by atoms with Crippen molar-refractivity contribution in [2.24, 2.45) is 0 Å². The van der Waals surface area contributed by atoms with Crippen molar-refractivity contribution >= 4 is 30.3 Å². The van der Waals surface area contributed by atoms with Gasteiger partial charge < -0.3 is 24.8 Å². The Morgan fingerprint density at radius 1 is 1.29 bits per heavy atom. The Labute approximate surface area is 178 Å². The monoisotopic (exact) mass is 429 g/mol. The first kappa shape index (κ1) is 20.7. The lowest BCUT2D eigenvalue weighted by molar-refractivity contribution is -0.129. The third kappa shape index (κ3) is 4.19. The van der Waals surface area contributed by atoms with Crippen LogP contribution < -0.4 is 15.5 Å². The molecule has 2 saturated heterocycles. The highest BCUT2D eigenvalue weighted by atomic mass is 16.6. The molecule has 12 heteroatoms. The molecule has 12 nitrogen and oxygen atoms in total. The molecule has 0 aromatic carbocycles. The van der Waals surface area contributed by atoms with Crippen molar-refractivity contribution in [3.05, 3.63) is 18.0 Å². The number of aromatic nitrogens is 4.